The van der Waals surface area contributed by atoms with Crippen LogP contribution in [0, 0.1) is 23.2 Å². The lowest BCUT2D eigenvalue weighted by Crippen LogP contribution is -2.49. The molecule has 4 saturated carbocycles. The Morgan fingerprint density at radius 1 is 1.24 bits per heavy atom. The third-order valence-electron chi connectivity index (χ3n) is 6.33. The van der Waals surface area contributed by atoms with E-state index >= 15 is 0 Å². The molecule has 0 aromatic carbocycles. The number of nitrogens with one attached hydrogen (secondary N) is 2. The van der Waals surface area contributed by atoms with E-state index < -0.39 is 0 Å². The minimum absolute atomic E-state index is 0.595. The summed E-state index contributed by atoms with van der Waals surface area (Å²) in [6.07, 6.45) is 15.4. The van der Waals surface area contributed by atoms with E-state index in [4.69, 9.17) is 0 Å². The van der Waals surface area contributed by atoms with Gasteiger partial charge in [-0.2, -0.15) is 0 Å². The number of aromatic amines is 1. The van der Waals surface area contributed by atoms with Crippen LogP contribution < -0.4 is 5.32 Å². The third-order valence-corrected chi connectivity index (χ3v) is 6.33. The van der Waals surface area contributed by atoms with Crippen LogP contribution in [0.2, 0.25) is 0 Å². The topological polar surface area (TPSA) is 40.7 Å². The second-order valence-corrected chi connectivity index (χ2v) is 8.12. The zero-order valence-electron chi connectivity index (χ0n) is 13.3. The van der Waals surface area contributed by atoms with Crippen LogP contribution in [-0.2, 0) is 6.42 Å². The number of nitrogens with zero attached hydrogens (tertiary/aromatic N) is 1. The molecule has 0 radical (unpaired) electrons. The van der Waals surface area contributed by atoms with E-state index in [0.717, 1.165) is 36.5 Å². The van der Waals surface area contributed by atoms with Crippen molar-refractivity contribution in [2.75, 3.05) is 6.54 Å². The number of rotatable bonds is 6. The molecular formula is C18H29N3. The highest BCUT2D eigenvalue weighted by Gasteiger charge is 2.51. The van der Waals surface area contributed by atoms with E-state index in [9.17, 15) is 0 Å². The van der Waals surface area contributed by atoms with Crippen molar-refractivity contribution < 1.29 is 0 Å². The lowest BCUT2D eigenvalue weighted by Gasteiger charge is -2.57. The molecule has 5 rings (SSSR count). The number of likely N-dealkylation sites (N-methyl/N-ethyl adjacent to an activating group) is 1. The van der Waals surface area contributed by atoms with Gasteiger partial charge >= 0.3 is 0 Å². The predicted octanol–water partition coefficient (Wildman–Crippen LogP) is 3.54. The van der Waals surface area contributed by atoms with Gasteiger partial charge in [0.05, 0.1) is 0 Å². The summed E-state index contributed by atoms with van der Waals surface area (Å²) >= 11 is 0. The van der Waals surface area contributed by atoms with Crippen molar-refractivity contribution in [3.8, 4) is 0 Å². The van der Waals surface area contributed by atoms with Gasteiger partial charge in [0.25, 0.3) is 0 Å². The van der Waals surface area contributed by atoms with E-state index in [-0.39, 0.29) is 0 Å². The van der Waals surface area contributed by atoms with Gasteiger partial charge in [-0.15, -0.1) is 0 Å². The molecule has 4 aliphatic carbocycles. The van der Waals surface area contributed by atoms with Crippen LogP contribution in [0.4, 0.5) is 0 Å². The summed E-state index contributed by atoms with van der Waals surface area (Å²) in [5.41, 5.74) is 0.661. The molecule has 116 valence electrons. The van der Waals surface area contributed by atoms with Crippen molar-refractivity contribution in [3.63, 3.8) is 0 Å². The van der Waals surface area contributed by atoms with Gasteiger partial charge in [0.2, 0.25) is 0 Å². The number of hydrogen-bond acceptors (Lipinski definition) is 2. The molecule has 0 spiro atoms. The second kappa shape index (κ2) is 5.42. The maximum atomic E-state index is 4.44. The summed E-state index contributed by atoms with van der Waals surface area (Å²) in [4.78, 5) is 7.72. The SMILES string of the molecule is CCNC(Cc1ncc[nH]1)CC12CC3CC(CC(C3)C1)C2. The maximum Gasteiger partial charge on any atom is 0.107 e. The molecule has 4 bridgehead atoms. The number of H-pyrrole nitrogens is 1. The molecule has 0 amide bonds. The fourth-order valence-electron chi connectivity index (χ4n) is 6.21. The van der Waals surface area contributed by atoms with E-state index in [0.29, 0.717) is 11.5 Å². The smallest absolute Gasteiger partial charge is 0.107 e. The van der Waals surface area contributed by atoms with Crippen molar-refractivity contribution in [1.82, 2.24) is 15.3 Å². The predicted molar refractivity (Wildman–Crippen MR) is 85.0 cm³/mol. The van der Waals surface area contributed by atoms with E-state index in [1.54, 1.807) is 19.3 Å². The van der Waals surface area contributed by atoms with Crippen molar-refractivity contribution >= 4 is 0 Å². The third kappa shape index (κ3) is 2.77. The van der Waals surface area contributed by atoms with E-state index in [1.807, 2.05) is 12.4 Å². The fourth-order valence-corrected chi connectivity index (χ4v) is 6.21. The molecule has 1 aromatic rings. The van der Waals surface area contributed by atoms with Gasteiger partial charge in [0.15, 0.2) is 0 Å². The Morgan fingerprint density at radius 3 is 2.43 bits per heavy atom. The van der Waals surface area contributed by atoms with Crippen LogP contribution in [0.15, 0.2) is 12.4 Å². The van der Waals surface area contributed by atoms with Gasteiger partial charge in [0, 0.05) is 24.9 Å². The Kier molecular flexibility index (Phi) is 3.56. The highest BCUT2D eigenvalue weighted by molar-refractivity contribution is 5.03. The normalized spacial score (nSPS) is 38.8. The van der Waals surface area contributed by atoms with Gasteiger partial charge in [-0.1, -0.05) is 6.92 Å². The molecule has 4 aliphatic rings. The maximum absolute atomic E-state index is 4.44. The van der Waals surface area contributed by atoms with Crippen molar-refractivity contribution in [1.29, 1.82) is 0 Å². The summed E-state index contributed by atoms with van der Waals surface area (Å²) in [5.74, 6) is 4.32. The Morgan fingerprint density at radius 2 is 1.90 bits per heavy atom. The molecule has 1 atom stereocenters. The molecule has 1 aromatic heterocycles. The Hall–Kier alpha value is -0.830. The highest BCUT2D eigenvalue weighted by Crippen LogP contribution is 2.61. The summed E-state index contributed by atoms with van der Waals surface area (Å²) < 4.78 is 0. The van der Waals surface area contributed by atoms with Crippen LogP contribution >= 0.6 is 0 Å². The van der Waals surface area contributed by atoms with Crippen LogP contribution in [0.1, 0.15) is 57.7 Å². The van der Waals surface area contributed by atoms with Gasteiger partial charge in [-0.25, -0.2) is 4.98 Å². The van der Waals surface area contributed by atoms with Crippen LogP contribution in [0.5, 0.6) is 0 Å². The molecule has 4 fully saturated rings. The van der Waals surface area contributed by atoms with Crippen LogP contribution in [0.25, 0.3) is 0 Å². The van der Waals surface area contributed by atoms with E-state index in [1.165, 1.54) is 25.7 Å². The average molecular weight is 287 g/mol. The van der Waals surface area contributed by atoms with Crippen LogP contribution in [0.3, 0.4) is 0 Å². The van der Waals surface area contributed by atoms with Gasteiger partial charge in [-0.3, -0.25) is 0 Å². The van der Waals surface area contributed by atoms with Crippen LogP contribution in [-0.4, -0.2) is 22.6 Å². The summed E-state index contributed by atoms with van der Waals surface area (Å²) in [5, 5.41) is 3.74. The quantitative estimate of drug-likeness (QED) is 0.840. The first-order valence-electron chi connectivity index (χ1n) is 8.96. The number of hydrogen-bond donors (Lipinski definition) is 2. The molecule has 3 heteroatoms. The van der Waals surface area contributed by atoms with Gasteiger partial charge in [0.1, 0.15) is 5.82 Å². The second-order valence-electron chi connectivity index (χ2n) is 8.12. The molecule has 3 nitrogen and oxygen atoms in total. The summed E-state index contributed by atoms with van der Waals surface area (Å²) in [6.45, 7) is 3.30. The molecule has 2 N–H and O–H groups in total. The molecule has 1 unspecified atom stereocenters. The monoisotopic (exact) mass is 287 g/mol. The largest absolute Gasteiger partial charge is 0.349 e. The Balaban J connectivity index is 1.47. The Bertz CT molecular complexity index is 430. The minimum Gasteiger partial charge on any atom is -0.349 e. The molecule has 0 aliphatic heterocycles. The number of imidazole rings is 1. The Labute approximate surface area is 128 Å². The molecule has 1 heterocycles. The zero-order valence-corrected chi connectivity index (χ0v) is 13.3. The van der Waals surface area contributed by atoms with Crippen molar-refractivity contribution in [2.45, 2.75) is 64.3 Å². The lowest BCUT2D eigenvalue weighted by atomic mass is 9.48. The first-order chi connectivity index (χ1) is 10.2. The van der Waals surface area contributed by atoms with E-state index in [2.05, 4.69) is 22.2 Å². The fraction of sp³-hybridized carbons (Fsp3) is 0.833. The van der Waals surface area contributed by atoms with Gasteiger partial charge < -0.3 is 10.3 Å². The number of aromatic nitrogens is 2. The lowest BCUT2D eigenvalue weighted by molar-refractivity contribution is -0.0619. The molecule has 0 saturated heterocycles. The van der Waals surface area contributed by atoms with Gasteiger partial charge in [-0.05, 0) is 74.7 Å². The van der Waals surface area contributed by atoms with Crippen molar-refractivity contribution in [2.24, 2.45) is 23.2 Å². The summed E-state index contributed by atoms with van der Waals surface area (Å²) in [6, 6.07) is 0.595. The zero-order chi connectivity index (χ0) is 14.3. The molecular weight excluding hydrogens is 258 g/mol. The van der Waals surface area contributed by atoms with Crippen molar-refractivity contribution in [3.05, 3.63) is 18.2 Å². The average Bonchev–Trinajstić information content (AvgIpc) is 2.89. The first kappa shape index (κ1) is 13.8. The summed E-state index contributed by atoms with van der Waals surface area (Å²) in [7, 11) is 0. The minimum atomic E-state index is 0.595. The molecule has 21 heavy (non-hydrogen) atoms. The first-order valence-corrected chi connectivity index (χ1v) is 8.96. The highest BCUT2D eigenvalue weighted by atomic mass is 14.9. The standard InChI is InChI=1S/C18H29N3/c1-2-19-16(8-17-20-3-4-21-17)12-18-9-13-5-14(10-18)7-15(6-13)11-18/h3-4,13-16,19H,2,5-12H2,1H3,(H,20,21).